The molecule has 0 saturated carbocycles. The molecule has 0 amide bonds. The average molecular weight is 317 g/mol. The minimum absolute atomic E-state index is 0.0697. The van der Waals surface area contributed by atoms with Crippen LogP contribution < -0.4 is 4.74 Å². The van der Waals surface area contributed by atoms with Gasteiger partial charge >= 0.3 is 5.97 Å². The second-order valence-corrected chi connectivity index (χ2v) is 4.67. The Kier molecular flexibility index (Phi) is 4.75. The second-order valence-electron chi connectivity index (χ2n) is 3.83. The Morgan fingerprint density at radius 1 is 1.40 bits per heavy atom. The van der Waals surface area contributed by atoms with Crippen molar-refractivity contribution in [2.45, 2.75) is 19.6 Å². The molecule has 0 bridgehead atoms. The van der Waals surface area contributed by atoms with Crippen LogP contribution in [0.5, 0.6) is 5.75 Å². The van der Waals surface area contributed by atoms with Crippen molar-refractivity contribution in [3.63, 3.8) is 0 Å². The number of ether oxygens (including phenoxy) is 1. The molecule has 1 aromatic heterocycles. The molecule has 1 heterocycles. The monoisotopic (exact) mass is 316 g/mol. The largest absolute Gasteiger partial charge is 0.484 e. The minimum atomic E-state index is -0.923. The van der Waals surface area contributed by atoms with Crippen LogP contribution in [0.3, 0.4) is 0 Å². The van der Waals surface area contributed by atoms with E-state index >= 15 is 0 Å². The number of hydrogen-bond donors (Lipinski definition) is 1. The molecule has 1 aromatic carbocycles. The highest BCUT2D eigenvalue weighted by atomic mass is 35.5. The van der Waals surface area contributed by atoms with Crippen LogP contribution in [-0.4, -0.2) is 31.3 Å². The number of carboxylic acid groups (broad SMARTS) is 1. The molecule has 0 atom stereocenters. The van der Waals surface area contributed by atoms with Crippen molar-refractivity contribution in [1.82, 2.24) is 20.2 Å². The van der Waals surface area contributed by atoms with Crippen LogP contribution in [0.25, 0.3) is 0 Å². The number of aryl methyl sites for hydroxylation is 1. The van der Waals surface area contributed by atoms with E-state index in [1.54, 1.807) is 18.2 Å². The third-order valence-electron chi connectivity index (χ3n) is 2.39. The smallest absolute Gasteiger partial charge is 0.305 e. The van der Waals surface area contributed by atoms with E-state index in [-0.39, 0.29) is 19.6 Å². The number of rotatable bonds is 6. The summed E-state index contributed by atoms with van der Waals surface area (Å²) in [6.45, 7) is 0.253. The maximum Gasteiger partial charge on any atom is 0.305 e. The number of tetrazole rings is 1. The van der Waals surface area contributed by atoms with Crippen LogP contribution >= 0.6 is 23.2 Å². The molecule has 0 aliphatic carbocycles. The molecule has 0 spiro atoms. The zero-order chi connectivity index (χ0) is 14.5. The predicted molar refractivity (Wildman–Crippen MR) is 70.9 cm³/mol. The molecular formula is C11H10Cl2N4O3. The van der Waals surface area contributed by atoms with Gasteiger partial charge in [0.05, 0.1) is 18.0 Å². The van der Waals surface area contributed by atoms with Gasteiger partial charge in [0.25, 0.3) is 0 Å². The maximum absolute atomic E-state index is 10.5. The summed E-state index contributed by atoms with van der Waals surface area (Å²) in [6, 6.07) is 4.85. The van der Waals surface area contributed by atoms with Gasteiger partial charge in [-0.25, -0.2) is 4.68 Å². The number of aliphatic carboxylic acids is 1. The first-order valence-corrected chi connectivity index (χ1v) is 6.36. The summed E-state index contributed by atoms with van der Waals surface area (Å²) < 4.78 is 6.86. The van der Waals surface area contributed by atoms with Gasteiger partial charge in [0.2, 0.25) is 0 Å². The molecule has 0 unspecified atom stereocenters. The first-order valence-electron chi connectivity index (χ1n) is 5.61. The first-order chi connectivity index (χ1) is 9.56. The fourth-order valence-electron chi connectivity index (χ4n) is 1.44. The maximum atomic E-state index is 10.5. The van der Waals surface area contributed by atoms with Crippen LogP contribution in [0, 0.1) is 0 Å². The Hall–Kier alpha value is -1.86. The molecule has 20 heavy (non-hydrogen) atoms. The number of carboxylic acids is 1. The average Bonchev–Trinajstić information content (AvgIpc) is 2.83. The van der Waals surface area contributed by atoms with E-state index in [0.29, 0.717) is 21.6 Å². The number of benzene rings is 1. The number of nitrogens with zero attached hydrogens (tertiary/aromatic N) is 4. The van der Waals surface area contributed by atoms with Gasteiger partial charge in [-0.3, -0.25) is 4.79 Å². The van der Waals surface area contributed by atoms with Crippen LogP contribution in [0.2, 0.25) is 10.0 Å². The Morgan fingerprint density at radius 2 is 2.20 bits per heavy atom. The van der Waals surface area contributed by atoms with Gasteiger partial charge in [0.1, 0.15) is 12.4 Å². The van der Waals surface area contributed by atoms with E-state index in [1.807, 2.05) is 0 Å². The van der Waals surface area contributed by atoms with Crippen LogP contribution in [-0.2, 0) is 17.9 Å². The van der Waals surface area contributed by atoms with Gasteiger partial charge in [0.15, 0.2) is 5.82 Å². The molecule has 0 fully saturated rings. The van der Waals surface area contributed by atoms with E-state index in [1.165, 1.54) is 4.68 Å². The predicted octanol–water partition coefficient (Wildman–Crippen LogP) is 2.03. The van der Waals surface area contributed by atoms with Crippen molar-refractivity contribution < 1.29 is 14.6 Å². The fourth-order valence-corrected chi connectivity index (χ4v) is 1.90. The fraction of sp³-hybridized carbons (Fsp3) is 0.273. The summed E-state index contributed by atoms with van der Waals surface area (Å²) in [4.78, 5) is 10.5. The third-order valence-corrected chi connectivity index (χ3v) is 2.92. The summed E-state index contributed by atoms with van der Waals surface area (Å²) in [5.41, 5.74) is 0. The lowest BCUT2D eigenvalue weighted by atomic mass is 10.3. The Balaban J connectivity index is 2.00. The van der Waals surface area contributed by atoms with Gasteiger partial charge < -0.3 is 9.84 Å². The zero-order valence-corrected chi connectivity index (χ0v) is 11.7. The van der Waals surface area contributed by atoms with Crippen LogP contribution in [0.15, 0.2) is 18.2 Å². The summed E-state index contributed by atoms with van der Waals surface area (Å²) in [6.07, 6.45) is -0.0697. The Labute approximate surface area is 124 Å². The zero-order valence-electron chi connectivity index (χ0n) is 10.2. The molecule has 2 aromatic rings. The standard InChI is InChI=1S/C11H10Cl2N4O3/c12-7-1-2-9(8(13)5-7)20-6-10-14-15-16-17(10)4-3-11(18)19/h1-2,5H,3-4,6H2,(H,18,19). The van der Waals surface area contributed by atoms with Gasteiger partial charge in [0, 0.05) is 5.02 Å². The third kappa shape index (κ3) is 3.82. The summed E-state index contributed by atoms with van der Waals surface area (Å²) in [7, 11) is 0. The van der Waals surface area contributed by atoms with Gasteiger partial charge in [-0.05, 0) is 28.6 Å². The quantitative estimate of drug-likeness (QED) is 0.877. The van der Waals surface area contributed by atoms with Crippen molar-refractivity contribution in [1.29, 1.82) is 0 Å². The molecule has 0 saturated heterocycles. The second kappa shape index (κ2) is 6.53. The molecule has 2 rings (SSSR count). The number of hydrogen-bond acceptors (Lipinski definition) is 5. The number of halogens is 2. The van der Waals surface area contributed by atoms with Crippen LogP contribution in [0.4, 0.5) is 0 Å². The topological polar surface area (TPSA) is 90.1 Å². The Morgan fingerprint density at radius 3 is 2.90 bits per heavy atom. The van der Waals surface area contributed by atoms with Gasteiger partial charge in [-0.15, -0.1) is 5.10 Å². The lowest BCUT2D eigenvalue weighted by Crippen LogP contribution is -2.11. The number of carbonyl (C=O) groups is 1. The minimum Gasteiger partial charge on any atom is -0.484 e. The van der Waals surface area contributed by atoms with Crippen molar-refractivity contribution in [3.8, 4) is 5.75 Å². The molecular weight excluding hydrogens is 307 g/mol. The van der Waals surface area contributed by atoms with Crippen molar-refractivity contribution >= 4 is 29.2 Å². The van der Waals surface area contributed by atoms with Crippen molar-refractivity contribution in [2.24, 2.45) is 0 Å². The molecule has 0 radical (unpaired) electrons. The highest BCUT2D eigenvalue weighted by molar-refractivity contribution is 6.35. The first kappa shape index (κ1) is 14.5. The summed E-state index contributed by atoms with van der Waals surface area (Å²) >= 11 is 11.7. The molecule has 1 N–H and O–H groups in total. The highest BCUT2D eigenvalue weighted by Crippen LogP contribution is 2.27. The highest BCUT2D eigenvalue weighted by Gasteiger charge is 2.10. The van der Waals surface area contributed by atoms with Crippen molar-refractivity contribution in [2.75, 3.05) is 0 Å². The lowest BCUT2D eigenvalue weighted by Gasteiger charge is -2.08. The molecule has 106 valence electrons. The molecule has 7 nitrogen and oxygen atoms in total. The molecule has 9 heteroatoms. The summed E-state index contributed by atoms with van der Waals surface area (Å²) in [5.74, 6) is -0.0609. The van der Waals surface area contributed by atoms with Gasteiger partial charge in [-0.1, -0.05) is 23.2 Å². The van der Waals surface area contributed by atoms with Gasteiger partial charge in [-0.2, -0.15) is 0 Å². The van der Waals surface area contributed by atoms with E-state index in [4.69, 9.17) is 33.0 Å². The van der Waals surface area contributed by atoms with E-state index in [2.05, 4.69) is 15.5 Å². The van der Waals surface area contributed by atoms with Crippen LogP contribution in [0.1, 0.15) is 12.2 Å². The SMILES string of the molecule is O=C(O)CCn1nnnc1COc1ccc(Cl)cc1Cl. The van der Waals surface area contributed by atoms with E-state index in [0.717, 1.165) is 0 Å². The van der Waals surface area contributed by atoms with E-state index in [9.17, 15) is 4.79 Å². The Bertz CT molecular complexity index is 617. The molecule has 0 aliphatic rings. The summed E-state index contributed by atoms with van der Waals surface area (Å²) in [5, 5.41) is 20.5. The van der Waals surface area contributed by atoms with Crippen molar-refractivity contribution in [3.05, 3.63) is 34.1 Å². The van der Waals surface area contributed by atoms with E-state index < -0.39 is 5.97 Å². The normalized spacial score (nSPS) is 10.5. The number of aromatic nitrogens is 4. The lowest BCUT2D eigenvalue weighted by molar-refractivity contribution is -0.137. The molecule has 0 aliphatic heterocycles.